The highest BCUT2D eigenvalue weighted by Crippen LogP contribution is 2.24. The van der Waals surface area contributed by atoms with Gasteiger partial charge in [0.1, 0.15) is 11.9 Å². The van der Waals surface area contributed by atoms with Gasteiger partial charge in [0.05, 0.1) is 11.1 Å². The number of hydrogen-bond donors (Lipinski definition) is 0. The average molecular weight is 265 g/mol. The van der Waals surface area contributed by atoms with E-state index < -0.39 is 11.4 Å². The molecule has 1 aromatic heterocycles. The molecule has 3 rings (SSSR count). The molecule has 0 aliphatic heterocycles. The average Bonchev–Trinajstić information content (AvgIpc) is 2.47. The van der Waals surface area contributed by atoms with Crippen LogP contribution in [-0.2, 0) is 0 Å². The van der Waals surface area contributed by atoms with E-state index in [4.69, 9.17) is 9.68 Å². The van der Waals surface area contributed by atoms with Crippen LogP contribution in [0.25, 0.3) is 22.1 Å². The van der Waals surface area contributed by atoms with Gasteiger partial charge in [0.2, 0.25) is 0 Å². The summed E-state index contributed by atoms with van der Waals surface area (Å²) in [7, 11) is 0. The van der Waals surface area contributed by atoms with Crippen LogP contribution in [0.3, 0.4) is 0 Å². The van der Waals surface area contributed by atoms with Gasteiger partial charge in [-0.15, -0.1) is 0 Å². The molecule has 0 radical (unpaired) electrons. The van der Waals surface area contributed by atoms with Gasteiger partial charge in [-0.05, 0) is 23.8 Å². The standard InChI is InChI=1S/C16H8FNO2/c17-13-6-11-8-14(10-4-2-1-3-5-10)16(19)20-15(11)12(7-13)9-18/h1-8H. The highest BCUT2D eigenvalue weighted by atomic mass is 19.1. The summed E-state index contributed by atoms with van der Waals surface area (Å²) in [6.07, 6.45) is 0. The fourth-order valence-electron chi connectivity index (χ4n) is 2.10. The summed E-state index contributed by atoms with van der Waals surface area (Å²) in [6.45, 7) is 0. The molecule has 4 heteroatoms. The second-order valence-corrected chi connectivity index (χ2v) is 4.30. The van der Waals surface area contributed by atoms with Crippen molar-refractivity contribution in [1.29, 1.82) is 5.26 Å². The third-order valence-corrected chi connectivity index (χ3v) is 3.00. The lowest BCUT2D eigenvalue weighted by atomic mass is 10.0. The van der Waals surface area contributed by atoms with Crippen LogP contribution >= 0.6 is 0 Å². The van der Waals surface area contributed by atoms with E-state index in [-0.39, 0.29) is 11.1 Å². The SMILES string of the molecule is N#Cc1cc(F)cc2cc(-c3ccccc3)c(=O)oc12. The van der Waals surface area contributed by atoms with Crippen molar-refractivity contribution in [2.75, 3.05) is 0 Å². The first kappa shape index (κ1) is 12.1. The van der Waals surface area contributed by atoms with Crippen LogP contribution in [0.5, 0.6) is 0 Å². The fourth-order valence-corrected chi connectivity index (χ4v) is 2.10. The molecule has 0 N–H and O–H groups in total. The molecule has 0 aliphatic rings. The molecule has 0 spiro atoms. The van der Waals surface area contributed by atoms with E-state index in [0.717, 1.165) is 6.07 Å². The smallest absolute Gasteiger partial charge is 0.344 e. The van der Waals surface area contributed by atoms with Crippen molar-refractivity contribution >= 4 is 11.0 Å². The minimum atomic E-state index is -0.549. The molecule has 2 aromatic carbocycles. The first-order valence-electron chi connectivity index (χ1n) is 5.92. The lowest BCUT2D eigenvalue weighted by Gasteiger charge is -2.03. The molecule has 0 atom stereocenters. The Morgan fingerprint density at radius 1 is 1.10 bits per heavy atom. The summed E-state index contributed by atoms with van der Waals surface area (Å²) in [5, 5.41) is 9.35. The first-order valence-corrected chi connectivity index (χ1v) is 5.92. The van der Waals surface area contributed by atoms with Crippen molar-refractivity contribution in [3.05, 3.63) is 70.3 Å². The van der Waals surface area contributed by atoms with Crippen molar-refractivity contribution in [1.82, 2.24) is 0 Å². The summed E-state index contributed by atoms with van der Waals surface area (Å²) in [4.78, 5) is 12.0. The number of rotatable bonds is 1. The van der Waals surface area contributed by atoms with E-state index in [1.807, 2.05) is 12.1 Å². The number of benzene rings is 2. The molecule has 3 aromatic rings. The Bertz CT molecular complexity index is 892. The molecule has 20 heavy (non-hydrogen) atoms. The monoisotopic (exact) mass is 265 g/mol. The molecule has 0 unspecified atom stereocenters. The van der Waals surface area contributed by atoms with Gasteiger partial charge < -0.3 is 4.42 Å². The molecule has 0 fully saturated rings. The van der Waals surface area contributed by atoms with Gasteiger partial charge >= 0.3 is 5.63 Å². The van der Waals surface area contributed by atoms with E-state index in [1.165, 1.54) is 6.07 Å². The summed E-state index contributed by atoms with van der Waals surface area (Å²) in [6, 6.07) is 14.6. The zero-order valence-electron chi connectivity index (χ0n) is 10.3. The van der Waals surface area contributed by atoms with E-state index in [1.54, 1.807) is 30.3 Å². The molecule has 0 amide bonds. The van der Waals surface area contributed by atoms with E-state index in [0.29, 0.717) is 16.5 Å². The zero-order valence-corrected chi connectivity index (χ0v) is 10.3. The van der Waals surface area contributed by atoms with Gasteiger partial charge in [0.15, 0.2) is 5.58 Å². The lowest BCUT2D eigenvalue weighted by molar-refractivity contribution is 0.560. The van der Waals surface area contributed by atoms with Crippen molar-refractivity contribution in [3.8, 4) is 17.2 Å². The quantitative estimate of drug-likeness (QED) is 0.633. The maximum Gasteiger partial charge on any atom is 0.344 e. The molecular formula is C16H8FNO2. The van der Waals surface area contributed by atoms with Crippen molar-refractivity contribution < 1.29 is 8.81 Å². The molecule has 0 bridgehead atoms. The van der Waals surface area contributed by atoms with Crippen LogP contribution in [0, 0.1) is 17.1 Å². The molecule has 96 valence electrons. The minimum Gasteiger partial charge on any atom is -0.421 e. The number of nitrogens with zero attached hydrogens (tertiary/aromatic N) is 1. The third kappa shape index (κ3) is 1.95. The molecular weight excluding hydrogens is 257 g/mol. The van der Waals surface area contributed by atoms with Crippen LogP contribution in [0.4, 0.5) is 4.39 Å². The fraction of sp³-hybridized carbons (Fsp3) is 0. The van der Waals surface area contributed by atoms with E-state index >= 15 is 0 Å². The summed E-state index contributed by atoms with van der Waals surface area (Å²) >= 11 is 0. The summed E-state index contributed by atoms with van der Waals surface area (Å²) < 4.78 is 18.6. The second kappa shape index (κ2) is 4.63. The Balaban J connectivity index is 2.36. The summed E-state index contributed by atoms with van der Waals surface area (Å²) in [5.41, 5.74) is 0.598. The maximum absolute atomic E-state index is 13.4. The van der Waals surface area contributed by atoms with Gasteiger partial charge in [0.25, 0.3) is 0 Å². The number of fused-ring (bicyclic) bond motifs is 1. The Hall–Kier alpha value is -2.93. The Morgan fingerprint density at radius 3 is 2.55 bits per heavy atom. The largest absolute Gasteiger partial charge is 0.421 e. The zero-order chi connectivity index (χ0) is 14.1. The third-order valence-electron chi connectivity index (χ3n) is 3.00. The van der Waals surface area contributed by atoms with Gasteiger partial charge in [-0.25, -0.2) is 9.18 Å². The number of hydrogen-bond acceptors (Lipinski definition) is 3. The maximum atomic E-state index is 13.4. The van der Waals surface area contributed by atoms with Crippen LogP contribution in [0.15, 0.2) is 57.7 Å². The van der Waals surface area contributed by atoms with E-state index in [9.17, 15) is 9.18 Å². The highest BCUT2D eigenvalue weighted by molar-refractivity contribution is 5.85. The highest BCUT2D eigenvalue weighted by Gasteiger charge is 2.11. The molecule has 0 aliphatic carbocycles. The summed E-state index contributed by atoms with van der Waals surface area (Å²) in [5.74, 6) is -0.540. The number of nitriles is 1. The first-order chi connectivity index (χ1) is 9.69. The van der Waals surface area contributed by atoms with Crippen molar-refractivity contribution in [3.63, 3.8) is 0 Å². The molecule has 0 saturated carbocycles. The predicted octanol–water partition coefficient (Wildman–Crippen LogP) is 3.47. The van der Waals surface area contributed by atoms with Gasteiger partial charge in [-0.1, -0.05) is 30.3 Å². The Labute approximate surface area is 113 Å². The predicted molar refractivity (Wildman–Crippen MR) is 72.6 cm³/mol. The van der Waals surface area contributed by atoms with Gasteiger partial charge in [-0.3, -0.25) is 0 Å². The van der Waals surface area contributed by atoms with E-state index in [2.05, 4.69) is 0 Å². The van der Waals surface area contributed by atoms with Crippen molar-refractivity contribution in [2.24, 2.45) is 0 Å². The second-order valence-electron chi connectivity index (χ2n) is 4.30. The van der Waals surface area contributed by atoms with Crippen LogP contribution in [-0.4, -0.2) is 0 Å². The minimum absolute atomic E-state index is 0.0108. The molecule has 1 heterocycles. The van der Waals surface area contributed by atoms with Gasteiger partial charge in [-0.2, -0.15) is 5.26 Å². The van der Waals surface area contributed by atoms with Crippen molar-refractivity contribution in [2.45, 2.75) is 0 Å². The topological polar surface area (TPSA) is 54.0 Å². The molecule has 3 nitrogen and oxygen atoms in total. The lowest BCUT2D eigenvalue weighted by Crippen LogP contribution is -2.03. The van der Waals surface area contributed by atoms with Crippen LogP contribution in [0.1, 0.15) is 5.56 Å². The van der Waals surface area contributed by atoms with Crippen LogP contribution in [0.2, 0.25) is 0 Å². The normalized spacial score (nSPS) is 10.4. The van der Waals surface area contributed by atoms with Gasteiger partial charge in [0, 0.05) is 5.39 Å². The Kier molecular flexibility index (Phi) is 2.81. The van der Waals surface area contributed by atoms with Crippen LogP contribution < -0.4 is 5.63 Å². The molecule has 0 saturated heterocycles. The Morgan fingerprint density at radius 2 is 1.85 bits per heavy atom. The number of halogens is 1.